The van der Waals surface area contributed by atoms with Crippen molar-refractivity contribution in [1.82, 2.24) is 10.2 Å². The number of carboxylic acid groups (broad SMARTS) is 1. The molecule has 1 unspecified atom stereocenters. The van der Waals surface area contributed by atoms with Gasteiger partial charge < -0.3 is 19.5 Å². The number of guanidine groups is 1. The number of aryl methyl sites for hydroxylation is 1. The van der Waals surface area contributed by atoms with E-state index in [0.29, 0.717) is 25.7 Å². The van der Waals surface area contributed by atoms with Gasteiger partial charge in [-0.2, -0.15) is 0 Å². The fourth-order valence-corrected chi connectivity index (χ4v) is 3.12. The van der Waals surface area contributed by atoms with Crippen molar-refractivity contribution in [2.45, 2.75) is 38.1 Å². The number of esters is 1. The van der Waals surface area contributed by atoms with Gasteiger partial charge in [0.1, 0.15) is 6.04 Å². The Labute approximate surface area is 199 Å². The molecule has 0 aliphatic carbocycles. The Morgan fingerprint density at radius 3 is 2.09 bits per heavy atom. The number of carboxylic acids is 1. The molecule has 0 aliphatic heterocycles. The van der Waals surface area contributed by atoms with Crippen molar-refractivity contribution in [2.75, 3.05) is 20.3 Å². The monoisotopic (exact) mass is 469 g/mol. The molecular formula is C25H31N3O6. The topological polar surface area (TPSA) is 129 Å². The summed E-state index contributed by atoms with van der Waals surface area (Å²) in [6.07, 6.45) is 1.27. The standard InChI is InChI=1S/C25H31N3O6/c1-28(21(23(30)31)18-20-12-6-3-7-13-20)24(26)27-25(32)34-17-9-8-16-33-22(29)15-14-19-10-4-2-5-11-19/h2-7,10-13,21H,8-9,14-18H2,1H3,(H,30,31)(H2,26,27,32). The number of carbonyl (C=O) groups excluding carboxylic acids is 2. The van der Waals surface area contributed by atoms with E-state index in [4.69, 9.17) is 14.9 Å². The van der Waals surface area contributed by atoms with E-state index in [9.17, 15) is 19.5 Å². The van der Waals surface area contributed by atoms with Crippen LogP contribution in [-0.2, 0) is 31.9 Å². The number of carbonyl (C=O) groups is 3. The number of hydrogen-bond donors (Lipinski definition) is 3. The van der Waals surface area contributed by atoms with Crippen LogP contribution in [0.25, 0.3) is 0 Å². The molecule has 0 heterocycles. The molecule has 2 aromatic carbocycles. The largest absolute Gasteiger partial charge is 0.480 e. The van der Waals surface area contributed by atoms with Crippen LogP contribution < -0.4 is 5.32 Å². The van der Waals surface area contributed by atoms with Gasteiger partial charge in [-0.25, -0.2) is 9.59 Å². The Hall–Kier alpha value is -3.88. The molecule has 1 amide bonds. The number of nitrogens with zero attached hydrogens (tertiary/aromatic N) is 1. The number of benzene rings is 2. The fourth-order valence-electron chi connectivity index (χ4n) is 3.12. The van der Waals surface area contributed by atoms with E-state index in [-0.39, 0.29) is 31.6 Å². The van der Waals surface area contributed by atoms with Gasteiger partial charge in [-0.1, -0.05) is 60.7 Å². The van der Waals surface area contributed by atoms with Gasteiger partial charge >= 0.3 is 18.0 Å². The van der Waals surface area contributed by atoms with Gasteiger partial charge in [-0.05, 0) is 30.4 Å². The highest BCUT2D eigenvalue weighted by atomic mass is 16.5. The number of nitrogens with one attached hydrogen (secondary N) is 2. The Morgan fingerprint density at radius 1 is 0.941 bits per heavy atom. The van der Waals surface area contributed by atoms with Crippen LogP contribution in [-0.4, -0.2) is 60.3 Å². The molecule has 9 nitrogen and oxygen atoms in total. The number of ether oxygens (including phenoxy) is 2. The van der Waals surface area contributed by atoms with Crippen LogP contribution in [0.4, 0.5) is 4.79 Å². The average Bonchev–Trinajstić information content (AvgIpc) is 2.84. The first-order chi connectivity index (χ1) is 16.4. The minimum atomic E-state index is -1.11. The molecule has 0 saturated heterocycles. The summed E-state index contributed by atoms with van der Waals surface area (Å²) in [5, 5.41) is 19.8. The molecule has 0 radical (unpaired) electrons. The van der Waals surface area contributed by atoms with Gasteiger partial charge in [0, 0.05) is 19.9 Å². The number of unbranched alkanes of at least 4 members (excludes halogenated alkanes) is 1. The Morgan fingerprint density at radius 2 is 1.50 bits per heavy atom. The third kappa shape index (κ3) is 9.72. The van der Waals surface area contributed by atoms with E-state index >= 15 is 0 Å². The lowest BCUT2D eigenvalue weighted by molar-refractivity contribution is -0.144. The van der Waals surface area contributed by atoms with Gasteiger partial charge in [-0.15, -0.1) is 0 Å². The molecule has 3 N–H and O–H groups in total. The molecule has 1 atom stereocenters. The van der Waals surface area contributed by atoms with Crippen molar-refractivity contribution in [2.24, 2.45) is 0 Å². The summed E-state index contributed by atoms with van der Waals surface area (Å²) in [6, 6.07) is 17.7. The van der Waals surface area contributed by atoms with E-state index in [1.165, 1.54) is 11.9 Å². The molecule has 0 fully saturated rings. The van der Waals surface area contributed by atoms with Crippen molar-refractivity contribution < 1.29 is 29.0 Å². The summed E-state index contributed by atoms with van der Waals surface area (Å²) in [7, 11) is 1.43. The van der Waals surface area contributed by atoms with Crippen LogP contribution in [0.1, 0.15) is 30.4 Å². The van der Waals surface area contributed by atoms with E-state index in [0.717, 1.165) is 11.1 Å². The summed E-state index contributed by atoms with van der Waals surface area (Å²) in [5.74, 6) is -1.76. The maximum atomic E-state index is 11.9. The SMILES string of the molecule is CN(C(=N)NC(=O)OCCCCOC(=O)CCc1ccccc1)C(Cc1ccccc1)C(=O)O. The zero-order valence-electron chi connectivity index (χ0n) is 19.2. The first-order valence-corrected chi connectivity index (χ1v) is 11.1. The minimum Gasteiger partial charge on any atom is -0.480 e. The van der Waals surface area contributed by atoms with Crippen LogP contribution in [0, 0.1) is 5.41 Å². The van der Waals surface area contributed by atoms with E-state index < -0.39 is 18.1 Å². The highest BCUT2D eigenvalue weighted by Crippen LogP contribution is 2.09. The maximum Gasteiger partial charge on any atom is 0.413 e. The Balaban J connectivity index is 1.61. The van der Waals surface area contributed by atoms with Crippen molar-refractivity contribution in [3.05, 3.63) is 71.8 Å². The molecule has 0 spiro atoms. The van der Waals surface area contributed by atoms with Crippen LogP contribution in [0.3, 0.4) is 0 Å². The summed E-state index contributed by atoms with van der Waals surface area (Å²) in [6.45, 7) is 0.313. The Kier molecular flexibility index (Phi) is 11.1. The van der Waals surface area contributed by atoms with E-state index in [1.54, 1.807) is 24.3 Å². The molecular weight excluding hydrogens is 438 g/mol. The lowest BCUT2D eigenvalue weighted by Crippen LogP contribution is -2.50. The smallest absolute Gasteiger partial charge is 0.413 e. The molecule has 9 heteroatoms. The molecule has 34 heavy (non-hydrogen) atoms. The third-order valence-corrected chi connectivity index (χ3v) is 5.09. The maximum absolute atomic E-state index is 11.9. The van der Waals surface area contributed by atoms with Crippen molar-refractivity contribution in [3.8, 4) is 0 Å². The predicted molar refractivity (Wildman–Crippen MR) is 126 cm³/mol. The molecule has 182 valence electrons. The van der Waals surface area contributed by atoms with E-state index in [2.05, 4.69) is 5.32 Å². The number of alkyl carbamates (subject to hydrolysis) is 1. The summed E-state index contributed by atoms with van der Waals surface area (Å²) >= 11 is 0. The quantitative estimate of drug-likeness (QED) is 0.188. The molecule has 0 aliphatic rings. The zero-order valence-corrected chi connectivity index (χ0v) is 19.2. The van der Waals surface area contributed by atoms with Gasteiger partial charge in [0.15, 0.2) is 0 Å². The van der Waals surface area contributed by atoms with Crippen LogP contribution in [0.2, 0.25) is 0 Å². The molecule has 0 saturated carbocycles. The first kappa shape index (κ1) is 26.4. The lowest BCUT2D eigenvalue weighted by Gasteiger charge is -2.26. The predicted octanol–water partition coefficient (Wildman–Crippen LogP) is 3.23. The van der Waals surface area contributed by atoms with E-state index in [1.807, 2.05) is 36.4 Å². The highest BCUT2D eigenvalue weighted by Gasteiger charge is 2.26. The number of aliphatic carboxylic acids is 1. The molecule has 0 bridgehead atoms. The van der Waals surface area contributed by atoms with Crippen LogP contribution in [0.15, 0.2) is 60.7 Å². The normalized spacial score (nSPS) is 11.2. The second-order valence-corrected chi connectivity index (χ2v) is 7.68. The fraction of sp³-hybridized carbons (Fsp3) is 0.360. The van der Waals surface area contributed by atoms with Crippen molar-refractivity contribution in [3.63, 3.8) is 0 Å². The van der Waals surface area contributed by atoms with Gasteiger partial charge in [-0.3, -0.25) is 15.5 Å². The highest BCUT2D eigenvalue weighted by molar-refractivity contribution is 5.94. The minimum absolute atomic E-state index is 0.0801. The lowest BCUT2D eigenvalue weighted by atomic mass is 10.1. The summed E-state index contributed by atoms with van der Waals surface area (Å²) in [5.41, 5.74) is 1.88. The third-order valence-electron chi connectivity index (χ3n) is 5.09. The Bertz CT molecular complexity index is 936. The number of likely N-dealkylation sites (N-methyl/N-ethyl adjacent to an activating group) is 1. The van der Waals surface area contributed by atoms with Crippen molar-refractivity contribution >= 4 is 24.0 Å². The zero-order chi connectivity index (χ0) is 24.8. The summed E-state index contributed by atoms with van der Waals surface area (Å²) < 4.78 is 10.2. The van der Waals surface area contributed by atoms with Crippen LogP contribution >= 0.6 is 0 Å². The second-order valence-electron chi connectivity index (χ2n) is 7.68. The second kappa shape index (κ2) is 14.3. The molecule has 2 rings (SSSR count). The van der Waals surface area contributed by atoms with Gasteiger partial charge in [0.2, 0.25) is 5.96 Å². The number of rotatable bonds is 12. The number of amides is 1. The average molecular weight is 470 g/mol. The number of hydrogen-bond acceptors (Lipinski definition) is 6. The summed E-state index contributed by atoms with van der Waals surface area (Å²) in [4.78, 5) is 36.5. The van der Waals surface area contributed by atoms with Crippen molar-refractivity contribution in [1.29, 1.82) is 5.41 Å². The van der Waals surface area contributed by atoms with Gasteiger partial charge in [0.25, 0.3) is 0 Å². The molecule has 0 aromatic heterocycles. The van der Waals surface area contributed by atoms with Crippen LogP contribution in [0.5, 0.6) is 0 Å². The van der Waals surface area contributed by atoms with Gasteiger partial charge in [0.05, 0.1) is 13.2 Å². The molecule has 2 aromatic rings. The first-order valence-electron chi connectivity index (χ1n) is 11.1.